The normalized spacial score (nSPS) is 13.4. The molecule has 11 heavy (non-hydrogen) atoms. The van der Waals surface area contributed by atoms with Crippen molar-refractivity contribution in [2.75, 3.05) is 7.11 Å². The van der Waals surface area contributed by atoms with E-state index in [0.717, 1.165) is 5.57 Å². The number of rotatable bonds is 3. The molecular formula is C9H16O2. The Morgan fingerprint density at radius 1 is 1.36 bits per heavy atom. The first-order valence-electron chi connectivity index (χ1n) is 3.64. The van der Waals surface area contributed by atoms with Crippen LogP contribution < -0.4 is 0 Å². The fraction of sp³-hybridized carbons (Fsp3) is 0.667. The maximum absolute atomic E-state index is 10.8. The first-order chi connectivity index (χ1) is 4.89. The highest BCUT2D eigenvalue weighted by molar-refractivity contribution is 5.92. The Labute approximate surface area is 68.2 Å². The van der Waals surface area contributed by atoms with Gasteiger partial charge in [-0.1, -0.05) is 0 Å². The van der Waals surface area contributed by atoms with Crippen LogP contribution in [0.2, 0.25) is 0 Å². The summed E-state index contributed by atoms with van der Waals surface area (Å²) in [6, 6.07) is 0. The van der Waals surface area contributed by atoms with Gasteiger partial charge in [0.15, 0.2) is 5.78 Å². The van der Waals surface area contributed by atoms with Gasteiger partial charge in [0.1, 0.15) is 0 Å². The quantitative estimate of drug-likeness (QED) is 0.584. The van der Waals surface area contributed by atoms with E-state index in [-0.39, 0.29) is 11.4 Å². The second kappa shape index (κ2) is 3.67. The van der Waals surface area contributed by atoms with E-state index in [2.05, 4.69) is 0 Å². The number of ketones is 1. The number of hydrogen-bond acceptors (Lipinski definition) is 2. The number of methoxy groups -OCH3 is 1. The lowest BCUT2D eigenvalue weighted by atomic mass is 10.0. The van der Waals surface area contributed by atoms with Crippen molar-refractivity contribution in [2.24, 2.45) is 0 Å². The summed E-state index contributed by atoms with van der Waals surface area (Å²) in [7, 11) is 1.63. The summed E-state index contributed by atoms with van der Waals surface area (Å²) in [5, 5.41) is 0. The predicted octanol–water partition coefficient (Wildman–Crippen LogP) is 1.95. The Bertz CT molecular complexity index is 178. The maximum atomic E-state index is 10.8. The van der Waals surface area contributed by atoms with E-state index in [1.165, 1.54) is 0 Å². The molecule has 2 nitrogen and oxygen atoms in total. The Hall–Kier alpha value is -0.630. The number of allylic oxidation sites excluding steroid dienone is 1. The molecule has 0 spiro atoms. The molecule has 2 heteroatoms. The Morgan fingerprint density at radius 3 is 2.09 bits per heavy atom. The zero-order valence-electron chi connectivity index (χ0n) is 7.89. The summed E-state index contributed by atoms with van der Waals surface area (Å²) in [6.07, 6.45) is 1.83. The van der Waals surface area contributed by atoms with Crippen LogP contribution in [0.4, 0.5) is 0 Å². The van der Waals surface area contributed by atoms with Crippen LogP contribution >= 0.6 is 0 Å². The van der Waals surface area contributed by atoms with Gasteiger partial charge in [-0.25, -0.2) is 0 Å². The monoisotopic (exact) mass is 156 g/mol. The number of hydrogen-bond donors (Lipinski definition) is 0. The zero-order valence-corrected chi connectivity index (χ0v) is 7.89. The Balaban J connectivity index is 4.41. The van der Waals surface area contributed by atoms with Crippen molar-refractivity contribution in [3.63, 3.8) is 0 Å². The summed E-state index contributed by atoms with van der Waals surface area (Å²) in [4.78, 5) is 10.8. The molecule has 0 radical (unpaired) electrons. The molecule has 0 aliphatic rings. The highest BCUT2D eigenvalue weighted by atomic mass is 16.5. The average molecular weight is 156 g/mol. The van der Waals surface area contributed by atoms with E-state index in [4.69, 9.17) is 4.74 Å². The number of ether oxygens (including phenoxy) is 1. The fourth-order valence-corrected chi connectivity index (χ4v) is 0.682. The topological polar surface area (TPSA) is 26.3 Å². The molecule has 0 unspecified atom stereocenters. The van der Waals surface area contributed by atoms with E-state index in [1.54, 1.807) is 21.0 Å². The molecular weight excluding hydrogens is 140 g/mol. The minimum absolute atomic E-state index is 0.0927. The zero-order chi connectivity index (χ0) is 9.07. The van der Waals surface area contributed by atoms with E-state index >= 15 is 0 Å². The van der Waals surface area contributed by atoms with Gasteiger partial charge in [0.05, 0.1) is 5.60 Å². The first kappa shape index (κ1) is 10.4. The van der Waals surface area contributed by atoms with Gasteiger partial charge in [0.2, 0.25) is 0 Å². The van der Waals surface area contributed by atoms with Crippen molar-refractivity contribution < 1.29 is 9.53 Å². The number of Topliss-reactive ketones (excluding diaryl/α,β-unsaturated/α-hetero) is 1. The van der Waals surface area contributed by atoms with Crippen LogP contribution in [0.25, 0.3) is 0 Å². The van der Waals surface area contributed by atoms with Crippen LogP contribution in [-0.4, -0.2) is 18.5 Å². The molecule has 0 aromatic rings. The summed E-state index contributed by atoms with van der Waals surface area (Å²) in [5.74, 6) is 0.0927. The van der Waals surface area contributed by atoms with Crippen molar-refractivity contribution in [3.05, 3.63) is 11.6 Å². The molecule has 0 aliphatic carbocycles. The van der Waals surface area contributed by atoms with Crippen molar-refractivity contribution in [2.45, 2.75) is 33.3 Å². The lowest BCUT2D eigenvalue weighted by Gasteiger charge is -2.18. The highest BCUT2D eigenvalue weighted by Gasteiger charge is 2.13. The average Bonchev–Trinajstić information content (AvgIpc) is 1.87. The molecule has 0 aromatic carbocycles. The lowest BCUT2D eigenvalue weighted by Crippen LogP contribution is -2.20. The van der Waals surface area contributed by atoms with Crippen molar-refractivity contribution in [3.8, 4) is 0 Å². The largest absolute Gasteiger partial charge is 0.375 e. The molecule has 0 atom stereocenters. The third-order valence-corrected chi connectivity index (χ3v) is 1.65. The highest BCUT2D eigenvalue weighted by Crippen LogP contribution is 2.12. The smallest absolute Gasteiger partial charge is 0.155 e. The molecule has 0 rings (SSSR count). The van der Waals surface area contributed by atoms with Crippen LogP contribution in [-0.2, 0) is 9.53 Å². The van der Waals surface area contributed by atoms with E-state index < -0.39 is 0 Å². The van der Waals surface area contributed by atoms with Crippen molar-refractivity contribution in [1.82, 2.24) is 0 Å². The van der Waals surface area contributed by atoms with Crippen molar-refractivity contribution >= 4 is 5.78 Å². The molecule has 0 fully saturated rings. The van der Waals surface area contributed by atoms with Gasteiger partial charge in [0, 0.05) is 7.11 Å². The van der Waals surface area contributed by atoms with Crippen LogP contribution in [0.3, 0.4) is 0 Å². The van der Waals surface area contributed by atoms with Crippen molar-refractivity contribution in [1.29, 1.82) is 0 Å². The number of carbonyl (C=O) groups is 1. The Kier molecular flexibility index (Phi) is 3.46. The van der Waals surface area contributed by atoms with E-state index in [0.29, 0.717) is 0 Å². The summed E-state index contributed by atoms with van der Waals surface area (Å²) < 4.78 is 5.13. The van der Waals surface area contributed by atoms with Crippen LogP contribution in [0.15, 0.2) is 11.6 Å². The van der Waals surface area contributed by atoms with Gasteiger partial charge in [-0.05, 0) is 39.3 Å². The molecule has 0 saturated carbocycles. The molecule has 0 heterocycles. The summed E-state index contributed by atoms with van der Waals surface area (Å²) >= 11 is 0. The number of carbonyl (C=O) groups excluding carboxylic acids is 1. The first-order valence-corrected chi connectivity index (χ1v) is 3.64. The fourth-order valence-electron chi connectivity index (χ4n) is 0.682. The molecule has 0 aromatic heterocycles. The summed E-state index contributed by atoms with van der Waals surface area (Å²) in [6.45, 7) is 7.18. The van der Waals surface area contributed by atoms with Gasteiger partial charge < -0.3 is 4.74 Å². The van der Waals surface area contributed by atoms with Gasteiger partial charge in [-0.15, -0.1) is 0 Å². The molecule has 0 bridgehead atoms. The standard InChI is InChI=1S/C9H16O2/c1-7(8(2)10)6-9(3,4)11-5/h6H,1-5H3. The van der Waals surface area contributed by atoms with Gasteiger partial charge in [-0.2, -0.15) is 0 Å². The van der Waals surface area contributed by atoms with Crippen LogP contribution in [0.1, 0.15) is 27.7 Å². The molecule has 0 amide bonds. The Morgan fingerprint density at radius 2 is 1.82 bits per heavy atom. The van der Waals surface area contributed by atoms with Gasteiger partial charge in [-0.3, -0.25) is 4.79 Å². The SMILES string of the molecule is COC(C)(C)C=C(C)C(C)=O. The second-order valence-electron chi connectivity index (χ2n) is 3.19. The molecule has 0 saturated heterocycles. The third-order valence-electron chi connectivity index (χ3n) is 1.65. The predicted molar refractivity (Wildman–Crippen MR) is 45.5 cm³/mol. The maximum Gasteiger partial charge on any atom is 0.155 e. The van der Waals surface area contributed by atoms with Crippen LogP contribution in [0.5, 0.6) is 0 Å². The third kappa shape index (κ3) is 3.94. The van der Waals surface area contributed by atoms with Gasteiger partial charge in [0.25, 0.3) is 0 Å². The van der Waals surface area contributed by atoms with E-state index in [1.807, 2.05) is 19.9 Å². The molecule has 64 valence electrons. The van der Waals surface area contributed by atoms with Crippen LogP contribution in [0, 0.1) is 0 Å². The second-order valence-corrected chi connectivity index (χ2v) is 3.19. The van der Waals surface area contributed by atoms with E-state index in [9.17, 15) is 4.79 Å². The minimum atomic E-state index is -0.338. The van der Waals surface area contributed by atoms with Gasteiger partial charge >= 0.3 is 0 Å². The molecule has 0 aliphatic heterocycles. The lowest BCUT2D eigenvalue weighted by molar-refractivity contribution is -0.113. The minimum Gasteiger partial charge on any atom is -0.375 e. The molecule has 0 N–H and O–H groups in total. The summed E-state index contributed by atoms with van der Waals surface area (Å²) in [5.41, 5.74) is 0.410.